The van der Waals surface area contributed by atoms with E-state index in [1.165, 1.54) is 0 Å². The van der Waals surface area contributed by atoms with E-state index in [0.29, 0.717) is 24.0 Å². The van der Waals surface area contributed by atoms with E-state index in [9.17, 15) is 4.79 Å². The maximum absolute atomic E-state index is 12.9. The van der Waals surface area contributed by atoms with Crippen LogP contribution in [0.25, 0.3) is 0 Å². The SMILES string of the molecule is CCNCC1CCN(C(=O)c2ncccc2OCc2ccncc2)CC1. The summed E-state index contributed by atoms with van der Waals surface area (Å²) >= 11 is 0. The number of carbonyl (C=O) groups excluding carboxylic acids is 1. The summed E-state index contributed by atoms with van der Waals surface area (Å²) in [5, 5.41) is 3.39. The molecule has 2 aromatic heterocycles. The first-order valence-corrected chi connectivity index (χ1v) is 9.24. The first kappa shape index (κ1) is 18.3. The van der Waals surface area contributed by atoms with Crippen LogP contribution in [0.15, 0.2) is 42.9 Å². The van der Waals surface area contributed by atoms with Crippen LogP contribution in [0, 0.1) is 5.92 Å². The average Bonchev–Trinajstić information content (AvgIpc) is 2.71. The summed E-state index contributed by atoms with van der Waals surface area (Å²) < 4.78 is 5.86. The highest BCUT2D eigenvalue weighted by Crippen LogP contribution is 2.22. The zero-order chi connectivity index (χ0) is 18.2. The normalized spacial score (nSPS) is 15.0. The molecular formula is C20H26N4O2. The molecule has 0 saturated carbocycles. The van der Waals surface area contributed by atoms with E-state index in [-0.39, 0.29) is 5.91 Å². The fourth-order valence-electron chi connectivity index (χ4n) is 3.15. The van der Waals surface area contributed by atoms with Crippen molar-refractivity contribution in [3.05, 3.63) is 54.1 Å². The second-order valence-corrected chi connectivity index (χ2v) is 6.54. The van der Waals surface area contributed by atoms with Gasteiger partial charge in [-0.15, -0.1) is 0 Å². The molecule has 6 heteroatoms. The summed E-state index contributed by atoms with van der Waals surface area (Å²) in [6.45, 7) is 6.07. The molecule has 0 radical (unpaired) electrons. The summed E-state index contributed by atoms with van der Waals surface area (Å²) in [5.74, 6) is 1.13. The molecule has 1 amide bonds. The average molecular weight is 354 g/mol. The van der Waals surface area contributed by atoms with Crippen LogP contribution in [0.4, 0.5) is 0 Å². The molecule has 0 aromatic carbocycles. The molecule has 1 aliphatic heterocycles. The summed E-state index contributed by atoms with van der Waals surface area (Å²) in [6.07, 6.45) is 7.15. The van der Waals surface area contributed by atoms with E-state index < -0.39 is 0 Å². The third-order valence-corrected chi connectivity index (χ3v) is 4.70. The number of hydrogen-bond acceptors (Lipinski definition) is 5. The molecule has 1 fully saturated rings. The van der Waals surface area contributed by atoms with Gasteiger partial charge in [0.25, 0.3) is 5.91 Å². The van der Waals surface area contributed by atoms with Gasteiger partial charge < -0.3 is 15.0 Å². The van der Waals surface area contributed by atoms with Crippen molar-refractivity contribution in [1.82, 2.24) is 20.2 Å². The smallest absolute Gasteiger partial charge is 0.276 e. The van der Waals surface area contributed by atoms with E-state index in [1.807, 2.05) is 17.0 Å². The molecule has 0 bridgehead atoms. The number of ether oxygens (including phenoxy) is 1. The molecule has 6 nitrogen and oxygen atoms in total. The Labute approximate surface area is 154 Å². The highest BCUT2D eigenvalue weighted by Gasteiger charge is 2.26. The molecule has 1 saturated heterocycles. The number of nitrogens with zero attached hydrogens (tertiary/aromatic N) is 3. The van der Waals surface area contributed by atoms with Crippen molar-refractivity contribution in [3.63, 3.8) is 0 Å². The number of carbonyl (C=O) groups is 1. The van der Waals surface area contributed by atoms with Gasteiger partial charge in [-0.1, -0.05) is 6.92 Å². The maximum Gasteiger partial charge on any atom is 0.276 e. The number of likely N-dealkylation sites (tertiary alicyclic amines) is 1. The molecule has 2 aromatic rings. The largest absolute Gasteiger partial charge is 0.486 e. The Kier molecular flexibility index (Phi) is 6.55. The first-order valence-electron chi connectivity index (χ1n) is 9.24. The van der Waals surface area contributed by atoms with Crippen molar-refractivity contribution in [2.75, 3.05) is 26.2 Å². The van der Waals surface area contributed by atoms with Gasteiger partial charge in [0.05, 0.1) is 0 Å². The standard InChI is InChI=1S/C20H26N4O2/c1-2-21-14-16-7-12-24(13-8-16)20(25)19-18(4-3-9-23-19)26-15-17-5-10-22-11-6-17/h3-6,9-11,16,21H,2,7-8,12-15H2,1H3. The lowest BCUT2D eigenvalue weighted by Crippen LogP contribution is -2.41. The van der Waals surface area contributed by atoms with Crippen molar-refractivity contribution >= 4 is 5.91 Å². The zero-order valence-corrected chi connectivity index (χ0v) is 15.2. The van der Waals surface area contributed by atoms with Crippen LogP contribution in [-0.4, -0.2) is 47.0 Å². The van der Waals surface area contributed by atoms with Gasteiger partial charge in [-0.3, -0.25) is 9.78 Å². The van der Waals surface area contributed by atoms with Crippen LogP contribution in [-0.2, 0) is 6.61 Å². The molecule has 0 spiro atoms. The number of aromatic nitrogens is 2. The van der Waals surface area contributed by atoms with Gasteiger partial charge in [0.2, 0.25) is 0 Å². The van der Waals surface area contributed by atoms with Crippen LogP contribution in [0.3, 0.4) is 0 Å². The maximum atomic E-state index is 12.9. The summed E-state index contributed by atoms with van der Waals surface area (Å²) in [6, 6.07) is 7.39. The number of rotatable bonds is 7. The molecule has 1 N–H and O–H groups in total. The number of pyridine rings is 2. The van der Waals surface area contributed by atoms with E-state index in [2.05, 4.69) is 22.2 Å². The molecule has 26 heavy (non-hydrogen) atoms. The Morgan fingerprint density at radius 3 is 2.73 bits per heavy atom. The van der Waals surface area contributed by atoms with Crippen molar-refractivity contribution < 1.29 is 9.53 Å². The van der Waals surface area contributed by atoms with Crippen molar-refractivity contribution in [3.8, 4) is 5.75 Å². The molecule has 1 aliphatic rings. The van der Waals surface area contributed by atoms with E-state index in [0.717, 1.165) is 44.6 Å². The number of nitrogens with one attached hydrogen (secondary N) is 1. The zero-order valence-electron chi connectivity index (χ0n) is 15.2. The topological polar surface area (TPSA) is 67.4 Å². The molecule has 0 unspecified atom stereocenters. The lowest BCUT2D eigenvalue weighted by atomic mass is 9.96. The highest BCUT2D eigenvalue weighted by atomic mass is 16.5. The fourth-order valence-corrected chi connectivity index (χ4v) is 3.15. The van der Waals surface area contributed by atoms with Gasteiger partial charge in [-0.25, -0.2) is 4.98 Å². The monoisotopic (exact) mass is 354 g/mol. The first-order chi connectivity index (χ1) is 12.8. The highest BCUT2D eigenvalue weighted by molar-refractivity contribution is 5.95. The number of piperidine rings is 1. The Morgan fingerprint density at radius 2 is 2.00 bits per heavy atom. The van der Waals surface area contributed by atoms with Crippen molar-refractivity contribution in [2.24, 2.45) is 5.92 Å². The lowest BCUT2D eigenvalue weighted by Gasteiger charge is -2.32. The molecule has 3 rings (SSSR count). The number of amides is 1. The van der Waals surface area contributed by atoms with Crippen LogP contribution in [0.2, 0.25) is 0 Å². The molecule has 138 valence electrons. The molecule has 0 atom stereocenters. The van der Waals surface area contributed by atoms with E-state index in [1.54, 1.807) is 30.7 Å². The lowest BCUT2D eigenvalue weighted by molar-refractivity contribution is 0.0679. The van der Waals surface area contributed by atoms with Crippen LogP contribution < -0.4 is 10.1 Å². The Balaban J connectivity index is 1.61. The van der Waals surface area contributed by atoms with Crippen molar-refractivity contribution in [1.29, 1.82) is 0 Å². The van der Waals surface area contributed by atoms with E-state index in [4.69, 9.17) is 4.74 Å². The van der Waals surface area contributed by atoms with Gasteiger partial charge in [0.1, 0.15) is 6.61 Å². The second-order valence-electron chi connectivity index (χ2n) is 6.54. The van der Waals surface area contributed by atoms with Gasteiger partial charge in [-0.2, -0.15) is 0 Å². The van der Waals surface area contributed by atoms with Crippen LogP contribution in [0.1, 0.15) is 35.8 Å². The van der Waals surface area contributed by atoms with Crippen LogP contribution >= 0.6 is 0 Å². The summed E-state index contributed by atoms with van der Waals surface area (Å²) in [5.41, 5.74) is 1.40. The van der Waals surface area contributed by atoms with Crippen molar-refractivity contribution in [2.45, 2.75) is 26.4 Å². The number of hydrogen-bond donors (Lipinski definition) is 1. The fraction of sp³-hybridized carbons (Fsp3) is 0.450. The quantitative estimate of drug-likeness (QED) is 0.827. The predicted octanol–water partition coefficient (Wildman–Crippen LogP) is 2.52. The van der Waals surface area contributed by atoms with Crippen LogP contribution in [0.5, 0.6) is 5.75 Å². The second kappa shape index (κ2) is 9.29. The third kappa shape index (κ3) is 4.79. The van der Waals surface area contributed by atoms with Gasteiger partial charge in [-0.05, 0) is 61.7 Å². The minimum atomic E-state index is -0.0442. The van der Waals surface area contributed by atoms with Gasteiger partial charge in [0.15, 0.2) is 11.4 Å². The predicted molar refractivity (Wildman–Crippen MR) is 100.0 cm³/mol. The summed E-state index contributed by atoms with van der Waals surface area (Å²) in [4.78, 5) is 23.1. The summed E-state index contributed by atoms with van der Waals surface area (Å²) in [7, 11) is 0. The van der Waals surface area contributed by atoms with E-state index >= 15 is 0 Å². The Morgan fingerprint density at radius 1 is 1.23 bits per heavy atom. The third-order valence-electron chi connectivity index (χ3n) is 4.70. The van der Waals surface area contributed by atoms with Gasteiger partial charge >= 0.3 is 0 Å². The Hall–Kier alpha value is -2.47. The molecular weight excluding hydrogens is 328 g/mol. The molecule has 0 aliphatic carbocycles. The Bertz CT molecular complexity index is 700. The van der Waals surface area contributed by atoms with Gasteiger partial charge in [0, 0.05) is 31.7 Å². The minimum absolute atomic E-state index is 0.0442. The minimum Gasteiger partial charge on any atom is -0.486 e. The molecule has 3 heterocycles.